The van der Waals surface area contributed by atoms with Gasteiger partial charge in [-0.15, -0.1) is 0 Å². The second-order valence-corrected chi connectivity index (χ2v) is 9.20. The molecule has 2 saturated heterocycles. The number of likely N-dealkylation sites (tertiary alicyclic amines) is 1. The smallest absolute Gasteiger partial charge is 0.227 e. The molecule has 0 bridgehead atoms. The van der Waals surface area contributed by atoms with Crippen molar-refractivity contribution in [3.63, 3.8) is 0 Å². The van der Waals surface area contributed by atoms with E-state index in [1.54, 1.807) is 7.11 Å². The van der Waals surface area contributed by atoms with Gasteiger partial charge in [-0.25, -0.2) is 0 Å². The zero-order valence-electron chi connectivity index (χ0n) is 19.5. The summed E-state index contributed by atoms with van der Waals surface area (Å²) in [6.45, 7) is 6.07. The minimum Gasteiger partial charge on any atom is -0.495 e. The molecule has 1 amide bonds. The molecule has 1 unspecified atom stereocenters. The number of piperazine rings is 1. The van der Waals surface area contributed by atoms with Crippen molar-refractivity contribution in [3.8, 4) is 5.75 Å². The molecule has 0 N–H and O–H groups in total. The fraction of sp³-hybridized carbons (Fsp3) is 0.393. The molecule has 5 rings (SSSR count). The molecule has 0 spiro atoms. The Labute approximate surface area is 196 Å². The van der Waals surface area contributed by atoms with Gasteiger partial charge in [-0.2, -0.15) is 0 Å². The van der Waals surface area contributed by atoms with Gasteiger partial charge in [-0.1, -0.05) is 54.6 Å². The molecular formula is C28H33N3O2. The van der Waals surface area contributed by atoms with Crippen LogP contribution in [-0.2, 0) is 11.3 Å². The number of anilines is 1. The monoisotopic (exact) mass is 443 g/mol. The maximum Gasteiger partial charge on any atom is 0.227 e. The molecular weight excluding hydrogens is 410 g/mol. The van der Waals surface area contributed by atoms with Crippen molar-refractivity contribution >= 4 is 22.4 Å². The van der Waals surface area contributed by atoms with Crippen LogP contribution in [0.25, 0.3) is 10.8 Å². The number of nitrogens with zero attached hydrogens (tertiary/aromatic N) is 3. The summed E-state index contributed by atoms with van der Waals surface area (Å²) >= 11 is 0. The van der Waals surface area contributed by atoms with Crippen LogP contribution in [0, 0.1) is 5.92 Å². The highest BCUT2D eigenvalue weighted by atomic mass is 16.5. The van der Waals surface area contributed by atoms with Gasteiger partial charge in [0.1, 0.15) is 5.75 Å². The van der Waals surface area contributed by atoms with Gasteiger partial charge in [-0.3, -0.25) is 9.69 Å². The van der Waals surface area contributed by atoms with Crippen LogP contribution < -0.4 is 9.64 Å². The van der Waals surface area contributed by atoms with E-state index < -0.39 is 0 Å². The highest BCUT2D eigenvalue weighted by molar-refractivity contribution is 5.85. The van der Waals surface area contributed by atoms with E-state index in [0.717, 1.165) is 70.1 Å². The fourth-order valence-electron chi connectivity index (χ4n) is 5.39. The highest BCUT2D eigenvalue weighted by Crippen LogP contribution is 2.29. The van der Waals surface area contributed by atoms with E-state index in [1.165, 1.54) is 16.3 Å². The number of benzene rings is 3. The molecule has 2 fully saturated rings. The number of methoxy groups -OCH3 is 1. The van der Waals surface area contributed by atoms with E-state index in [0.29, 0.717) is 5.91 Å². The van der Waals surface area contributed by atoms with E-state index in [-0.39, 0.29) is 5.92 Å². The molecule has 33 heavy (non-hydrogen) atoms. The fourth-order valence-corrected chi connectivity index (χ4v) is 5.39. The lowest BCUT2D eigenvalue weighted by molar-refractivity contribution is -0.137. The van der Waals surface area contributed by atoms with Crippen LogP contribution >= 0.6 is 0 Å². The molecule has 0 saturated carbocycles. The van der Waals surface area contributed by atoms with E-state index in [4.69, 9.17) is 4.74 Å². The van der Waals surface area contributed by atoms with Gasteiger partial charge in [0.05, 0.1) is 18.7 Å². The quantitative estimate of drug-likeness (QED) is 0.585. The molecule has 2 aliphatic rings. The third-order valence-electron chi connectivity index (χ3n) is 7.15. The van der Waals surface area contributed by atoms with Crippen molar-refractivity contribution in [3.05, 3.63) is 72.3 Å². The zero-order chi connectivity index (χ0) is 22.6. The number of rotatable bonds is 5. The summed E-state index contributed by atoms with van der Waals surface area (Å²) in [5.74, 6) is 1.33. The van der Waals surface area contributed by atoms with Gasteiger partial charge < -0.3 is 14.5 Å². The predicted octanol–water partition coefficient (Wildman–Crippen LogP) is 4.41. The molecule has 5 nitrogen and oxygen atoms in total. The first-order chi connectivity index (χ1) is 16.2. The average molecular weight is 444 g/mol. The first kappa shape index (κ1) is 21.8. The number of para-hydroxylation sites is 2. The van der Waals surface area contributed by atoms with Crippen molar-refractivity contribution in [2.75, 3.05) is 51.3 Å². The largest absolute Gasteiger partial charge is 0.495 e. The first-order valence-electron chi connectivity index (χ1n) is 12.1. The molecule has 1 atom stereocenters. The highest BCUT2D eigenvalue weighted by Gasteiger charge is 2.31. The maximum absolute atomic E-state index is 13.4. The Morgan fingerprint density at radius 3 is 2.52 bits per heavy atom. The zero-order valence-corrected chi connectivity index (χ0v) is 19.5. The van der Waals surface area contributed by atoms with Gasteiger partial charge in [0.15, 0.2) is 0 Å². The number of carbonyl (C=O) groups is 1. The van der Waals surface area contributed by atoms with Gasteiger partial charge in [0.25, 0.3) is 0 Å². The Morgan fingerprint density at radius 2 is 1.67 bits per heavy atom. The Morgan fingerprint density at radius 1 is 0.909 bits per heavy atom. The summed E-state index contributed by atoms with van der Waals surface area (Å²) in [5.41, 5.74) is 2.47. The lowest BCUT2D eigenvalue weighted by Gasteiger charge is -2.40. The second-order valence-electron chi connectivity index (χ2n) is 9.20. The third-order valence-corrected chi connectivity index (χ3v) is 7.15. The van der Waals surface area contributed by atoms with E-state index in [2.05, 4.69) is 63.2 Å². The van der Waals surface area contributed by atoms with Crippen LogP contribution in [0.4, 0.5) is 5.69 Å². The predicted molar refractivity (Wildman–Crippen MR) is 134 cm³/mol. The molecule has 0 aliphatic carbocycles. The van der Waals surface area contributed by atoms with Crippen molar-refractivity contribution in [2.24, 2.45) is 5.92 Å². The normalized spacial score (nSPS) is 19.6. The standard InChI is InChI=1S/C28H33N3O2/c1-33-27-14-5-4-13-26(27)30-16-18-31(19-17-30)28(32)24-11-7-15-29(21-24)20-23-10-6-9-22-8-2-3-12-25(22)23/h2-6,8-10,12-14,24H,7,11,15-21H2,1H3. The van der Waals surface area contributed by atoms with Gasteiger partial charge in [0, 0.05) is 39.3 Å². The molecule has 5 heteroatoms. The average Bonchev–Trinajstić information content (AvgIpc) is 2.89. The van der Waals surface area contributed by atoms with Crippen LogP contribution in [0.15, 0.2) is 66.7 Å². The number of carbonyl (C=O) groups excluding carboxylic acids is 1. The van der Waals surface area contributed by atoms with Crippen molar-refractivity contribution in [1.82, 2.24) is 9.80 Å². The lowest BCUT2D eigenvalue weighted by atomic mass is 9.95. The van der Waals surface area contributed by atoms with Crippen molar-refractivity contribution in [2.45, 2.75) is 19.4 Å². The SMILES string of the molecule is COc1ccccc1N1CCN(C(=O)C2CCCN(Cc3cccc4ccccc34)C2)CC1. The Kier molecular flexibility index (Phi) is 6.49. The summed E-state index contributed by atoms with van der Waals surface area (Å²) in [5, 5.41) is 2.61. The number of fused-ring (bicyclic) bond motifs is 1. The summed E-state index contributed by atoms with van der Waals surface area (Å²) in [4.78, 5) is 20.3. The molecule has 172 valence electrons. The maximum atomic E-state index is 13.4. The van der Waals surface area contributed by atoms with E-state index in [9.17, 15) is 4.79 Å². The molecule has 0 aromatic heterocycles. The molecule has 3 aromatic rings. The number of hydrogen-bond acceptors (Lipinski definition) is 4. The molecule has 2 heterocycles. The minimum atomic E-state index is 0.103. The van der Waals surface area contributed by atoms with Crippen LogP contribution in [-0.4, -0.2) is 62.1 Å². The number of amides is 1. The first-order valence-corrected chi connectivity index (χ1v) is 12.1. The van der Waals surface area contributed by atoms with Crippen LogP contribution in [0.3, 0.4) is 0 Å². The third kappa shape index (κ3) is 4.69. The number of hydrogen-bond donors (Lipinski definition) is 0. The van der Waals surface area contributed by atoms with Crippen molar-refractivity contribution in [1.29, 1.82) is 0 Å². The lowest BCUT2D eigenvalue weighted by Crippen LogP contribution is -2.52. The van der Waals surface area contributed by atoms with E-state index in [1.807, 2.05) is 18.2 Å². The van der Waals surface area contributed by atoms with Crippen LogP contribution in [0.2, 0.25) is 0 Å². The number of piperidine rings is 1. The summed E-state index contributed by atoms with van der Waals surface area (Å²) < 4.78 is 5.53. The van der Waals surface area contributed by atoms with Gasteiger partial charge in [0.2, 0.25) is 5.91 Å². The Balaban J connectivity index is 1.20. The Bertz CT molecular complexity index is 1100. The van der Waals surface area contributed by atoms with Crippen LogP contribution in [0.5, 0.6) is 5.75 Å². The number of ether oxygens (including phenoxy) is 1. The van der Waals surface area contributed by atoms with Gasteiger partial charge >= 0.3 is 0 Å². The topological polar surface area (TPSA) is 36.0 Å². The summed E-state index contributed by atoms with van der Waals surface area (Å²) in [6.07, 6.45) is 2.08. The van der Waals surface area contributed by atoms with Crippen LogP contribution in [0.1, 0.15) is 18.4 Å². The second kappa shape index (κ2) is 9.84. The molecule has 0 radical (unpaired) electrons. The van der Waals surface area contributed by atoms with Gasteiger partial charge in [-0.05, 0) is 47.9 Å². The molecule has 2 aliphatic heterocycles. The summed E-state index contributed by atoms with van der Waals surface area (Å²) in [6, 6.07) is 23.3. The van der Waals surface area contributed by atoms with E-state index >= 15 is 0 Å². The minimum absolute atomic E-state index is 0.103. The van der Waals surface area contributed by atoms with Crippen molar-refractivity contribution < 1.29 is 9.53 Å². The Hall–Kier alpha value is -3.05. The molecule has 3 aromatic carbocycles. The summed E-state index contributed by atoms with van der Waals surface area (Å²) in [7, 11) is 1.71.